The first kappa shape index (κ1) is 27.2. The second-order valence-electron chi connectivity index (χ2n) is 13.2. The zero-order valence-electron chi connectivity index (χ0n) is 34.4. The van der Waals surface area contributed by atoms with Crippen LogP contribution >= 0.6 is 0 Å². The fourth-order valence-electron chi connectivity index (χ4n) is 7.23. The number of aromatic nitrogens is 3. The molecule has 0 saturated heterocycles. The topological polar surface area (TPSA) is 51.8 Å². The summed E-state index contributed by atoms with van der Waals surface area (Å²) in [5.41, 5.74) is 10.9. The zero-order valence-corrected chi connectivity index (χ0v) is 29.4. The zero-order chi connectivity index (χ0) is 40.9. The number of benzene rings is 8. The number of fused-ring (bicyclic) bond motifs is 3. The van der Waals surface area contributed by atoms with Crippen molar-refractivity contribution in [3.05, 3.63) is 200 Å². The highest BCUT2D eigenvalue weighted by atomic mass is 16.3. The standard InChI is InChI=1S/C51H33N3O/c1-5-15-34(16-6-1)36-27-29-39(30-28-36)50-52-49(38-21-11-4-12-22-38)53-51(54-50)44-25-14-26-46-47(44)43-24-13-23-42(48(43)55-46)41-32-31-40(35-17-7-2-8-18-35)33-45(41)37-19-9-3-10-20-37/h1-33H/i4D,11D,12D,21D,22D. The third-order valence-corrected chi connectivity index (χ3v) is 9.87. The maximum absolute atomic E-state index is 8.82. The summed E-state index contributed by atoms with van der Waals surface area (Å²) in [7, 11) is 0. The largest absolute Gasteiger partial charge is 0.455 e. The molecule has 0 radical (unpaired) electrons. The van der Waals surface area contributed by atoms with Gasteiger partial charge in [-0.05, 0) is 51.1 Å². The Kier molecular flexibility index (Phi) is 6.85. The second kappa shape index (κ2) is 13.8. The molecule has 2 heterocycles. The van der Waals surface area contributed by atoms with Crippen molar-refractivity contribution in [1.29, 1.82) is 0 Å². The molecule has 258 valence electrons. The minimum atomic E-state index is -0.490. The first-order valence-electron chi connectivity index (χ1n) is 20.5. The van der Waals surface area contributed by atoms with E-state index in [9.17, 15) is 0 Å². The van der Waals surface area contributed by atoms with Gasteiger partial charge in [0.1, 0.15) is 11.2 Å². The molecular formula is C51H33N3O. The van der Waals surface area contributed by atoms with Gasteiger partial charge in [0, 0.05) is 33.0 Å². The lowest BCUT2D eigenvalue weighted by atomic mass is 9.90. The maximum atomic E-state index is 8.82. The molecule has 0 amide bonds. The van der Waals surface area contributed by atoms with Crippen LogP contribution in [0.25, 0.3) is 101 Å². The lowest BCUT2D eigenvalue weighted by Gasteiger charge is -2.13. The van der Waals surface area contributed by atoms with E-state index in [0.29, 0.717) is 22.3 Å². The third kappa shape index (κ3) is 6.06. The average Bonchev–Trinajstić information content (AvgIpc) is 3.70. The van der Waals surface area contributed by atoms with Crippen LogP contribution in [0.2, 0.25) is 0 Å². The van der Waals surface area contributed by atoms with Gasteiger partial charge >= 0.3 is 0 Å². The fourth-order valence-corrected chi connectivity index (χ4v) is 7.23. The van der Waals surface area contributed by atoms with Gasteiger partial charge in [-0.1, -0.05) is 188 Å². The Morgan fingerprint density at radius 3 is 1.62 bits per heavy atom. The van der Waals surface area contributed by atoms with Crippen molar-refractivity contribution in [3.63, 3.8) is 0 Å². The lowest BCUT2D eigenvalue weighted by Crippen LogP contribution is -2.00. The van der Waals surface area contributed by atoms with Crippen LogP contribution in [-0.4, -0.2) is 15.0 Å². The van der Waals surface area contributed by atoms with Crippen molar-refractivity contribution >= 4 is 21.9 Å². The first-order chi connectivity index (χ1) is 29.3. The van der Waals surface area contributed by atoms with Crippen LogP contribution < -0.4 is 0 Å². The minimum absolute atomic E-state index is 0.0318. The lowest BCUT2D eigenvalue weighted by molar-refractivity contribution is 0.670. The average molecular weight is 709 g/mol. The Balaban J connectivity index is 1.18. The number of nitrogens with zero attached hydrogens (tertiary/aromatic N) is 3. The molecule has 10 aromatic rings. The summed E-state index contributed by atoms with van der Waals surface area (Å²) >= 11 is 0. The van der Waals surface area contributed by atoms with Gasteiger partial charge in [0.05, 0.1) is 6.85 Å². The van der Waals surface area contributed by atoms with Gasteiger partial charge in [0.2, 0.25) is 0 Å². The van der Waals surface area contributed by atoms with Gasteiger partial charge in [-0.25, -0.2) is 15.0 Å². The summed E-state index contributed by atoms with van der Waals surface area (Å²) in [5, 5.41) is 1.63. The fraction of sp³-hybridized carbons (Fsp3) is 0. The SMILES string of the molecule is [2H]c1c([2H])c([2H])c(-c2nc(-c3ccc(-c4ccccc4)cc3)nc(-c3cccc4oc5c(-c6ccc(-c7ccccc7)cc6-c6ccccc6)cccc5c34)n2)c([2H])c1[2H]. The van der Waals surface area contributed by atoms with Crippen molar-refractivity contribution < 1.29 is 11.3 Å². The molecule has 55 heavy (non-hydrogen) atoms. The highest BCUT2D eigenvalue weighted by molar-refractivity contribution is 6.15. The van der Waals surface area contributed by atoms with Crippen LogP contribution in [0.1, 0.15) is 6.85 Å². The summed E-state index contributed by atoms with van der Waals surface area (Å²) in [6, 6.07) is 54.6. The van der Waals surface area contributed by atoms with Crippen molar-refractivity contribution in [2.75, 3.05) is 0 Å². The molecule has 0 unspecified atom stereocenters. The van der Waals surface area contributed by atoms with Gasteiger partial charge < -0.3 is 4.42 Å². The quantitative estimate of drug-likeness (QED) is 0.165. The highest BCUT2D eigenvalue weighted by Crippen LogP contribution is 2.43. The van der Waals surface area contributed by atoms with Crippen LogP contribution in [-0.2, 0) is 0 Å². The molecule has 0 aliphatic rings. The van der Waals surface area contributed by atoms with E-state index in [4.69, 9.17) is 26.2 Å². The van der Waals surface area contributed by atoms with Crippen LogP contribution in [0, 0.1) is 0 Å². The molecule has 0 fully saturated rings. The number of hydrogen-bond acceptors (Lipinski definition) is 4. The van der Waals surface area contributed by atoms with E-state index in [1.54, 1.807) is 0 Å². The Morgan fingerprint density at radius 2 is 0.909 bits per heavy atom. The number of rotatable bonds is 7. The maximum Gasteiger partial charge on any atom is 0.164 e. The van der Waals surface area contributed by atoms with Crippen LogP contribution in [0.3, 0.4) is 0 Å². The molecule has 4 heteroatoms. The molecule has 0 aliphatic heterocycles. The highest BCUT2D eigenvalue weighted by Gasteiger charge is 2.21. The van der Waals surface area contributed by atoms with E-state index in [1.165, 1.54) is 0 Å². The Labute approximate surface area is 326 Å². The Hall–Kier alpha value is -7.43. The smallest absolute Gasteiger partial charge is 0.164 e. The summed E-state index contributed by atoms with van der Waals surface area (Å²) in [4.78, 5) is 14.7. The van der Waals surface area contributed by atoms with E-state index >= 15 is 0 Å². The molecule has 4 nitrogen and oxygen atoms in total. The van der Waals surface area contributed by atoms with E-state index in [1.807, 2.05) is 121 Å². The van der Waals surface area contributed by atoms with Crippen molar-refractivity contribution in [3.8, 4) is 78.7 Å². The predicted molar refractivity (Wildman–Crippen MR) is 225 cm³/mol. The predicted octanol–water partition coefficient (Wildman–Crippen LogP) is 13.4. The van der Waals surface area contributed by atoms with Gasteiger partial charge in [0.15, 0.2) is 17.5 Å². The molecule has 8 aromatic carbocycles. The van der Waals surface area contributed by atoms with Gasteiger partial charge in [-0.15, -0.1) is 0 Å². The van der Waals surface area contributed by atoms with Gasteiger partial charge in [0.25, 0.3) is 0 Å². The van der Waals surface area contributed by atoms with Crippen molar-refractivity contribution in [1.82, 2.24) is 15.0 Å². The Bertz CT molecular complexity index is 3220. The summed E-state index contributed by atoms with van der Waals surface area (Å²) < 4.78 is 49.5. The summed E-state index contributed by atoms with van der Waals surface area (Å²) in [5.74, 6) is 0.526. The van der Waals surface area contributed by atoms with Crippen molar-refractivity contribution in [2.24, 2.45) is 0 Å². The normalized spacial score (nSPS) is 12.5. The van der Waals surface area contributed by atoms with Crippen molar-refractivity contribution in [2.45, 2.75) is 0 Å². The van der Waals surface area contributed by atoms with E-state index in [0.717, 1.165) is 55.3 Å². The molecule has 0 bridgehead atoms. The molecule has 0 aliphatic carbocycles. The monoisotopic (exact) mass is 708 g/mol. The molecule has 2 aromatic heterocycles. The van der Waals surface area contributed by atoms with Crippen LogP contribution in [0.5, 0.6) is 0 Å². The van der Waals surface area contributed by atoms with Gasteiger partial charge in [-0.2, -0.15) is 0 Å². The third-order valence-electron chi connectivity index (χ3n) is 9.87. The number of para-hydroxylation sites is 1. The van der Waals surface area contributed by atoms with E-state index < -0.39 is 30.2 Å². The van der Waals surface area contributed by atoms with E-state index in [-0.39, 0.29) is 23.0 Å². The molecular weight excluding hydrogens is 671 g/mol. The Morgan fingerprint density at radius 1 is 0.364 bits per heavy atom. The second-order valence-corrected chi connectivity index (χ2v) is 13.2. The molecule has 0 N–H and O–H groups in total. The van der Waals surface area contributed by atoms with Crippen LogP contribution in [0.4, 0.5) is 0 Å². The first-order valence-corrected chi connectivity index (χ1v) is 18.0. The number of furan rings is 1. The van der Waals surface area contributed by atoms with Crippen LogP contribution in [0.15, 0.2) is 204 Å². The van der Waals surface area contributed by atoms with Gasteiger partial charge in [-0.3, -0.25) is 0 Å². The molecule has 0 saturated carbocycles. The molecule has 0 spiro atoms. The minimum Gasteiger partial charge on any atom is -0.455 e. The number of hydrogen-bond donors (Lipinski definition) is 0. The molecule has 0 atom stereocenters. The summed E-state index contributed by atoms with van der Waals surface area (Å²) in [6.07, 6.45) is 0. The molecule has 10 rings (SSSR count). The van der Waals surface area contributed by atoms with E-state index in [2.05, 4.69) is 48.5 Å². The summed E-state index contributed by atoms with van der Waals surface area (Å²) in [6.45, 7) is 0.